The Hall–Kier alpha value is -3.12. The molecule has 6 heteroatoms. The number of hydrogen-bond acceptors (Lipinski definition) is 5. The normalized spacial score (nSPS) is 21.9. The van der Waals surface area contributed by atoms with Crippen LogP contribution in [-0.2, 0) is 32.0 Å². The maximum Gasteiger partial charge on any atom is 0.314 e. The first kappa shape index (κ1) is 21.7. The number of carbonyl (C=O) groups excluding carboxylic acids is 2. The van der Waals surface area contributed by atoms with Gasteiger partial charge in [-0.05, 0) is 42.4 Å². The Kier molecular flexibility index (Phi) is 7.02. The summed E-state index contributed by atoms with van der Waals surface area (Å²) in [5.41, 5.74) is 4.09. The molecule has 3 atom stereocenters. The summed E-state index contributed by atoms with van der Waals surface area (Å²) < 4.78 is 19.3. The van der Waals surface area contributed by atoms with Crippen molar-refractivity contribution in [3.8, 4) is 0 Å². The molecule has 1 aromatic heterocycles. The highest BCUT2D eigenvalue weighted by Crippen LogP contribution is 2.35. The van der Waals surface area contributed by atoms with E-state index in [1.807, 2.05) is 36.4 Å². The van der Waals surface area contributed by atoms with Gasteiger partial charge in [0, 0.05) is 44.0 Å². The van der Waals surface area contributed by atoms with Crippen LogP contribution in [-0.4, -0.2) is 49.1 Å². The Morgan fingerprint density at radius 2 is 1.85 bits per heavy atom. The standard InChI is InChI=1S/C27H32N2O4/c1-32-25(30)13-12-20-16-23(27(31)33-2)26-22(21-10-6-7-11-24(21)28-26)14-15-29(18-20)17-19-8-4-3-5-9-19/h3-11,20,23,28H,12-18H2,1-2H3/t20-,23-/m1/s1/i18D/t18?,20-,23-. The minimum Gasteiger partial charge on any atom is -0.469 e. The number of aromatic nitrogens is 1. The summed E-state index contributed by atoms with van der Waals surface area (Å²) in [5, 5.41) is 1.10. The maximum atomic E-state index is 13.0. The highest BCUT2D eigenvalue weighted by molar-refractivity contribution is 5.88. The van der Waals surface area contributed by atoms with Gasteiger partial charge in [-0.2, -0.15) is 0 Å². The first-order valence-corrected chi connectivity index (χ1v) is 11.5. The highest BCUT2D eigenvalue weighted by atomic mass is 16.5. The molecule has 1 N–H and O–H groups in total. The number of hydrogen-bond donors (Lipinski definition) is 1. The van der Waals surface area contributed by atoms with Crippen LogP contribution in [0.4, 0.5) is 0 Å². The van der Waals surface area contributed by atoms with Crippen molar-refractivity contribution in [3.63, 3.8) is 0 Å². The van der Waals surface area contributed by atoms with Gasteiger partial charge in [0.25, 0.3) is 0 Å². The summed E-state index contributed by atoms with van der Waals surface area (Å²) in [7, 11) is 2.78. The van der Waals surface area contributed by atoms with Crippen molar-refractivity contribution in [3.05, 3.63) is 71.4 Å². The van der Waals surface area contributed by atoms with Crippen LogP contribution in [0.3, 0.4) is 0 Å². The largest absolute Gasteiger partial charge is 0.469 e. The molecule has 174 valence electrons. The third-order valence-electron chi connectivity index (χ3n) is 6.47. The Morgan fingerprint density at radius 1 is 1.09 bits per heavy atom. The average Bonchev–Trinajstić information content (AvgIpc) is 3.25. The topological polar surface area (TPSA) is 71.6 Å². The molecule has 0 aliphatic carbocycles. The van der Waals surface area contributed by atoms with E-state index in [1.165, 1.54) is 14.2 Å². The SMILES string of the molecule is [2H]C1[C@H](CCC(=O)OC)C[C@@H](C(=O)OC)c2[nH]c3ccccc3c2CCN1Cc1ccccc1. The van der Waals surface area contributed by atoms with Crippen LogP contribution >= 0.6 is 0 Å². The van der Waals surface area contributed by atoms with Gasteiger partial charge >= 0.3 is 11.9 Å². The van der Waals surface area contributed by atoms with Gasteiger partial charge in [-0.25, -0.2) is 0 Å². The lowest BCUT2D eigenvalue weighted by molar-refractivity contribution is -0.143. The van der Waals surface area contributed by atoms with E-state index in [9.17, 15) is 11.0 Å². The Morgan fingerprint density at radius 3 is 2.61 bits per heavy atom. The minimum atomic E-state index is -0.577. The molecule has 0 bridgehead atoms. The monoisotopic (exact) mass is 449 g/mol. The minimum absolute atomic E-state index is 0.211. The third kappa shape index (κ3) is 5.45. The summed E-state index contributed by atoms with van der Waals surface area (Å²) in [6.45, 7) is 0.720. The molecule has 0 amide bonds. The summed E-state index contributed by atoms with van der Waals surface area (Å²) in [6, 6.07) is 18.2. The van der Waals surface area contributed by atoms with Crippen LogP contribution in [0.25, 0.3) is 10.9 Å². The number of nitrogens with one attached hydrogen (secondary N) is 1. The van der Waals surface area contributed by atoms with E-state index in [4.69, 9.17) is 9.47 Å². The smallest absolute Gasteiger partial charge is 0.314 e. The van der Waals surface area contributed by atoms with Gasteiger partial charge in [-0.3, -0.25) is 14.5 Å². The molecule has 6 nitrogen and oxygen atoms in total. The number of methoxy groups -OCH3 is 2. The van der Waals surface area contributed by atoms with Gasteiger partial charge in [-0.15, -0.1) is 0 Å². The van der Waals surface area contributed by atoms with Crippen molar-refractivity contribution in [1.82, 2.24) is 9.88 Å². The summed E-state index contributed by atoms with van der Waals surface area (Å²) in [6.07, 6.45) is 1.81. The van der Waals surface area contributed by atoms with Crippen LogP contribution in [0.5, 0.6) is 0 Å². The zero-order chi connectivity index (χ0) is 24.1. The lowest BCUT2D eigenvalue weighted by Gasteiger charge is -2.28. The predicted molar refractivity (Wildman–Crippen MR) is 128 cm³/mol. The number of H-pyrrole nitrogens is 1. The molecule has 2 aromatic carbocycles. The Labute approximate surface area is 196 Å². The van der Waals surface area contributed by atoms with Crippen molar-refractivity contribution in [1.29, 1.82) is 0 Å². The van der Waals surface area contributed by atoms with Gasteiger partial charge in [0.2, 0.25) is 0 Å². The molecular weight excluding hydrogens is 416 g/mol. The van der Waals surface area contributed by atoms with E-state index in [-0.39, 0.29) is 24.3 Å². The van der Waals surface area contributed by atoms with Crippen molar-refractivity contribution in [2.75, 3.05) is 27.3 Å². The fourth-order valence-corrected chi connectivity index (χ4v) is 4.80. The van der Waals surface area contributed by atoms with Crippen molar-refractivity contribution in [2.45, 2.75) is 38.1 Å². The molecule has 0 radical (unpaired) electrons. The number of carbonyl (C=O) groups is 2. The molecule has 4 rings (SSSR count). The van der Waals surface area contributed by atoms with Crippen LogP contribution in [0, 0.1) is 5.92 Å². The molecule has 0 saturated heterocycles. The predicted octanol–water partition coefficient (Wildman–Crippen LogP) is 4.44. The second-order valence-corrected chi connectivity index (χ2v) is 8.60. The third-order valence-corrected chi connectivity index (χ3v) is 6.47. The van der Waals surface area contributed by atoms with Crippen LogP contribution < -0.4 is 0 Å². The number of nitrogens with zero attached hydrogens (tertiary/aromatic N) is 1. The first-order chi connectivity index (χ1) is 16.5. The molecule has 33 heavy (non-hydrogen) atoms. The van der Waals surface area contributed by atoms with Gasteiger partial charge in [-0.1, -0.05) is 48.5 Å². The summed E-state index contributed by atoms with van der Waals surface area (Å²) in [4.78, 5) is 30.6. The molecule has 0 fully saturated rings. The lowest BCUT2D eigenvalue weighted by Crippen LogP contribution is -2.32. The van der Waals surface area contributed by atoms with Crippen molar-refractivity contribution < 1.29 is 20.4 Å². The quantitative estimate of drug-likeness (QED) is 0.563. The zero-order valence-electron chi connectivity index (χ0n) is 20.3. The molecule has 2 heterocycles. The second kappa shape index (κ2) is 10.7. The molecular formula is C27H32N2O4. The van der Waals surface area contributed by atoms with E-state index >= 15 is 0 Å². The van der Waals surface area contributed by atoms with Crippen molar-refractivity contribution >= 4 is 22.8 Å². The number of benzene rings is 2. The number of rotatable bonds is 6. The summed E-state index contributed by atoms with van der Waals surface area (Å²) >= 11 is 0. The fraction of sp³-hybridized carbons (Fsp3) is 0.407. The maximum absolute atomic E-state index is 13.0. The molecule has 0 saturated carbocycles. The van der Waals surface area contributed by atoms with E-state index < -0.39 is 12.4 Å². The van der Waals surface area contributed by atoms with Crippen LogP contribution in [0.2, 0.25) is 0 Å². The van der Waals surface area contributed by atoms with E-state index in [2.05, 4.69) is 28.1 Å². The average molecular weight is 450 g/mol. The summed E-state index contributed by atoms with van der Waals surface area (Å²) in [5.74, 6) is -1.37. The highest BCUT2D eigenvalue weighted by Gasteiger charge is 2.32. The molecule has 0 spiro atoms. The van der Waals surface area contributed by atoms with Crippen LogP contribution in [0.15, 0.2) is 54.6 Å². The van der Waals surface area contributed by atoms with E-state index in [0.717, 1.165) is 27.7 Å². The van der Waals surface area contributed by atoms with Crippen LogP contribution in [0.1, 0.15) is 43.4 Å². The van der Waals surface area contributed by atoms with Gasteiger partial charge in [0.05, 0.1) is 20.1 Å². The van der Waals surface area contributed by atoms with Gasteiger partial charge < -0.3 is 14.5 Å². The van der Waals surface area contributed by atoms with E-state index in [1.54, 1.807) is 0 Å². The zero-order valence-corrected chi connectivity index (χ0v) is 19.3. The van der Waals surface area contributed by atoms with E-state index in [0.29, 0.717) is 32.4 Å². The molecule has 1 aliphatic rings. The fourth-order valence-electron chi connectivity index (χ4n) is 4.80. The van der Waals surface area contributed by atoms with Gasteiger partial charge in [0.15, 0.2) is 0 Å². The molecule has 1 aliphatic heterocycles. The number of para-hydroxylation sites is 1. The number of fused-ring (bicyclic) bond motifs is 3. The number of ether oxygens (including phenoxy) is 2. The Bertz CT molecular complexity index is 1130. The van der Waals surface area contributed by atoms with Gasteiger partial charge in [0.1, 0.15) is 0 Å². The lowest BCUT2D eigenvalue weighted by atomic mass is 9.87. The van der Waals surface area contributed by atoms with Crippen molar-refractivity contribution in [2.24, 2.45) is 5.92 Å². The Balaban J connectivity index is 1.75. The number of esters is 2. The second-order valence-electron chi connectivity index (χ2n) is 8.60. The first-order valence-electron chi connectivity index (χ1n) is 12.0. The molecule has 3 aromatic rings. The molecule has 1 unspecified atom stereocenters. The number of aromatic amines is 1.